The van der Waals surface area contributed by atoms with E-state index in [1.54, 1.807) is 18.2 Å². The van der Waals surface area contributed by atoms with E-state index in [1.807, 2.05) is 6.07 Å². The van der Waals surface area contributed by atoms with Crippen LogP contribution in [0.25, 0.3) is 10.1 Å². The fourth-order valence-electron chi connectivity index (χ4n) is 3.49. The number of carbonyl (C=O) groups excluding carboxylic acids is 1. The van der Waals surface area contributed by atoms with Crippen LogP contribution in [0, 0.1) is 0 Å². The van der Waals surface area contributed by atoms with Crippen molar-refractivity contribution in [3.63, 3.8) is 0 Å². The molecule has 2 saturated heterocycles. The lowest BCUT2D eigenvalue weighted by molar-refractivity contribution is -0.179. The van der Waals surface area contributed by atoms with Gasteiger partial charge in [0.2, 0.25) is 10.0 Å². The summed E-state index contributed by atoms with van der Waals surface area (Å²) in [6, 6.07) is 7.10. The summed E-state index contributed by atoms with van der Waals surface area (Å²) in [6.45, 7) is 1.64. The molecule has 140 valence electrons. The Morgan fingerprint density at radius 2 is 1.85 bits per heavy atom. The van der Waals surface area contributed by atoms with Crippen molar-refractivity contribution in [1.82, 2.24) is 4.31 Å². The summed E-state index contributed by atoms with van der Waals surface area (Å²) in [6.07, 6.45) is 0.948. The van der Waals surface area contributed by atoms with E-state index in [9.17, 15) is 13.2 Å². The predicted molar refractivity (Wildman–Crippen MR) is 95.8 cm³/mol. The molecule has 0 radical (unpaired) electrons. The Morgan fingerprint density at radius 3 is 2.50 bits per heavy atom. The third-order valence-electron chi connectivity index (χ3n) is 4.82. The summed E-state index contributed by atoms with van der Waals surface area (Å²) >= 11 is 1.14. The lowest BCUT2D eigenvalue weighted by Gasteiger charge is -2.36. The maximum atomic E-state index is 13.4. The molecule has 0 bridgehead atoms. The monoisotopic (exact) mass is 397 g/mol. The van der Waals surface area contributed by atoms with E-state index >= 15 is 0 Å². The van der Waals surface area contributed by atoms with Crippen LogP contribution >= 0.6 is 11.3 Å². The SMILES string of the molecule is COC(=O)c1sc2ccccc2c1S(=O)(=O)N1CCC2(CC1)OCCO2. The Bertz CT molecular complexity index is 935. The fourth-order valence-corrected chi connectivity index (χ4v) is 6.70. The van der Waals surface area contributed by atoms with Crippen molar-refractivity contribution in [2.75, 3.05) is 33.4 Å². The van der Waals surface area contributed by atoms with Gasteiger partial charge in [0.1, 0.15) is 9.77 Å². The molecule has 2 aromatic rings. The number of methoxy groups -OCH3 is 1. The number of rotatable bonds is 3. The topological polar surface area (TPSA) is 82.1 Å². The molecular formula is C17H19NO6S2. The van der Waals surface area contributed by atoms with Gasteiger partial charge in [-0.05, 0) is 6.07 Å². The summed E-state index contributed by atoms with van der Waals surface area (Å²) < 4.78 is 45.0. The summed E-state index contributed by atoms with van der Waals surface area (Å²) in [5, 5.41) is 0.548. The first kappa shape index (κ1) is 17.9. The number of hydrogen-bond donors (Lipinski definition) is 0. The Balaban J connectivity index is 1.73. The van der Waals surface area contributed by atoms with Crippen molar-refractivity contribution in [3.05, 3.63) is 29.1 Å². The average molecular weight is 397 g/mol. The van der Waals surface area contributed by atoms with E-state index in [1.165, 1.54) is 11.4 Å². The number of nitrogens with zero attached hydrogens (tertiary/aromatic N) is 1. The van der Waals surface area contributed by atoms with Crippen LogP contribution in [-0.4, -0.2) is 57.9 Å². The van der Waals surface area contributed by atoms with Gasteiger partial charge in [-0.3, -0.25) is 0 Å². The predicted octanol–water partition coefficient (Wildman–Crippen LogP) is 2.22. The van der Waals surface area contributed by atoms with E-state index in [2.05, 4.69) is 0 Å². The summed E-state index contributed by atoms with van der Waals surface area (Å²) in [5.74, 6) is -1.30. The minimum Gasteiger partial charge on any atom is -0.465 e. The van der Waals surface area contributed by atoms with Crippen LogP contribution in [0.15, 0.2) is 29.2 Å². The third kappa shape index (κ3) is 2.84. The van der Waals surface area contributed by atoms with Crippen LogP contribution in [0.1, 0.15) is 22.5 Å². The highest BCUT2D eigenvalue weighted by molar-refractivity contribution is 7.89. The second-order valence-electron chi connectivity index (χ2n) is 6.26. The highest BCUT2D eigenvalue weighted by Crippen LogP contribution is 2.39. The molecule has 9 heteroatoms. The number of benzene rings is 1. The fraction of sp³-hybridized carbons (Fsp3) is 0.471. The molecule has 4 rings (SSSR count). The molecule has 0 unspecified atom stereocenters. The summed E-state index contributed by atoms with van der Waals surface area (Å²) in [7, 11) is -2.59. The standard InChI is InChI=1S/C17H19NO6S2/c1-22-16(19)14-15(12-4-2-3-5-13(12)25-14)26(20,21)18-8-6-17(7-9-18)23-10-11-24-17/h2-5H,6-11H2,1H3. The van der Waals surface area contributed by atoms with Crippen LogP contribution < -0.4 is 0 Å². The molecule has 7 nitrogen and oxygen atoms in total. The first-order valence-electron chi connectivity index (χ1n) is 8.35. The molecule has 1 aromatic heterocycles. The van der Waals surface area contributed by atoms with Gasteiger partial charge in [0.25, 0.3) is 0 Å². The van der Waals surface area contributed by atoms with Crippen molar-refractivity contribution in [2.45, 2.75) is 23.5 Å². The largest absolute Gasteiger partial charge is 0.465 e. The first-order valence-corrected chi connectivity index (χ1v) is 10.6. The second-order valence-corrected chi connectivity index (χ2v) is 9.19. The van der Waals surface area contributed by atoms with Gasteiger partial charge in [-0.15, -0.1) is 11.3 Å². The first-order chi connectivity index (χ1) is 12.5. The van der Waals surface area contributed by atoms with Crippen LogP contribution in [0.5, 0.6) is 0 Å². The minimum atomic E-state index is -3.85. The highest BCUT2D eigenvalue weighted by Gasteiger charge is 2.44. The number of thiophene rings is 1. The van der Waals surface area contributed by atoms with Gasteiger partial charge < -0.3 is 14.2 Å². The van der Waals surface area contributed by atoms with Crippen molar-refractivity contribution in [3.8, 4) is 0 Å². The number of sulfonamides is 1. The molecule has 0 atom stereocenters. The summed E-state index contributed by atoms with van der Waals surface area (Å²) in [5.41, 5.74) is 0. The quantitative estimate of drug-likeness (QED) is 0.739. The van der Waals surface area contributed by atoms with Crippen LogP contribution in [0.3, 0.4) is 0 Å². The zero-order valence-electron chi connectivity index (χ0n) is 14.3. The number of fused-ring (bicyclic) bond motifs is 1. The van der Waals surface area contributed by atoms with Crippen molar-refractivity contribution in [1.29, 1.82) is 0 Å². The number of piperidine rings is 1. The Kier molecular flexibility index (Phi) is 4.52. The number of carbonyl (C=O) groups is 1. The normalized spacial score (nSPS) is 20.7. The molecule has 1 aromatic carbocycles. The number of esters is 1. The van der Waals surface area contributed by atoms with Crippen LogP contribution in [0.2, 0.25) is 0 Å². The molecular weight excluding hydrogens is 378 g/mol. The van der Waals surface area contributed by atoms with Crippen molar-refractivity contribution >= 4 is 37.4 Å². The van der Waals surface area contributed by atoms with Gasteiger partial charge in [0, 0.05) is 36.0 Å². The van der Waals surface area contributed by atoms with E-state index in [0.29, 0.717) is 31.4 Å². The van der Waals surface area contributed by atoms with Gasteiger partial charge in [-0.2, -0.15) is 4.31 Å². The smallest absolute Gasteiger partial charge is 0.349 e. The lowest BCUT2D eigenvalue weighted by Crippen LogP contribution is -2.47. The maximum absolute atomic E-state index is 13.4. The molecule has 2 fully saturated rings. The molecule has 0 saturated carbocycles. The Morgan fingerprint density at radius 1 is 1.19 bits per heavy atom. The van der Waals surface area contributed by atoms with Crippen LogP contribution in [0.4, 0.5) is 0 Å². The van der Waals surface area contributed by atoms with E-state index in [4.69, 9.17) is 14.2 Å². The molecule has 0 N–H and O–H groups in total. The Hall–Kier alpha value is -1.52. The molecule has 0 amide bonds. The van der Waals surface area contributed by atoms with E-state index < -0.39 is 21.8 Å². The van der Waals surface area contributed by atoms with E-state index in [-0.39, 0.29) is 22.9 Å². The molecule has 26 heavy (non-hydrogen) atoms. The molecule has 3 heterocycles. The van der Waals surface area contributed by atoms with Crippen molar-refractivity contribution in [2.24, 2.45) is 0 Å². The van der Waals surface area contributed by atoms with Gasteiger partial charge in [0.15, 0.2) is 5.79 Å². The minimum absolute atomic E-state index is 0.0363. The zero-order valence-corrected chi connectivity index (χ0v) is 15.9. The number of ether oxygens (including phenoxy) is 3. The molecule has 2 aliphatic rings. The molecule has 1 spiro atoms. The summed E-state index contributed by atoms with van der Waals surface area (Å²) in [4.78, 5) is 12.4. The highest BCUT2D eigenvalue weighted by atomic mass is 32.2. The maximum Gasteiger partial charge on any atom is 0.349 e. The van der Waals surface area contributed by atoms with Crippen molar-refractivity contribution < 1.29 is 27.4 Å². The molecule has 0 aliphatic carbocycles. The van der Waals surface area contributed by atoms with Gasteiger partial charge in [0.05, 0.1) is 20.3 Å². The second kappa shape index (κ2) is 6.58. The molecule has 2 aliphatic heterocycles. The average Bonchev–Trinajstić information content (AvgIpc) is 3.26. The lowest BCUT2D eigenvalue weighted by atomic mass is 10.1. The third-order valence-corrected chi connectivity index (χ3v) is 8.08. The van der Waals surface area contributed by atoms with Gasteiger partial charge in [-0.25, -0.2) is 13.2 Å². The van der Waals surface area contributed by atoms with E-state index in [0.717, 1.165) is 16.0 Å². The zero-order chi connectivity index (χ0) is 18.4. The van der Waals surface area contributed by atoms with Gasteiger partial charge in [-0.1, -0.05) is 18.2 Å². The Labute approximate surface area is 155 Å². The number of hydrogen-bond acceptors (Lipinski definition) is 7. The van der Waals surface area contributed by atoms with Crippen LogP contribution in [-0.2, 0) is 24.2 Å². The van der Waals surface area contributed by atoms with Gasteiger partial charge >= 0.3 is 5.97 Å².